The average molecular weight is 402 g/mol. The molecule has 1 aromatic carbocycles. The molecule has 29 heavy (non-hydrogen) atoms. The summed E-state index contributed by atoms with van der Waals surface area (Å²) in [7, 11) is 7.17. The number of carbonyl (C=O) groups excluding carboxylic acids is 2. The highest BCUT2D eigenvalue weighted by Crippen LogP contribution is 2.37. The minimum atomic E-state index is -0.257. The van der Waals surface area contributed by atoms with Crippen LogP contribution in [-0.2, 0) is 9.59 Å². The number of ether oxygens (including phenoxy) is 2. The normalized spacial score (nSPS) is 18.8. The summed E-state index contributed by atoms with van der Waals surface area (Å²) < 4.78 is 10.7. The molecule has 0 aromatic heterocycles. The van der Waals surface area contributed by atoms with Crippen LogP contribution in [0.25, 0.3) is 5.57 Å². The summed E-state index contributed by atoms with van der Waals surface area (Å²) in [5, 5.41) is 0. The van der Waals surface area contributed by atoms with Crippen LogP contribution in [0.2, 0.25) is 0 Å². The average Bonchev–Trinajstić information content (AvgIpc) is 2.97. The number of piperidine rings is 1. The first-order valence-corrected chi connectivity index (χ1v) is 10.1. The van der Waals surface area contributed by atoms with Crippen molar-refractivity contribution < 1.29 is 19.1 Å². The molecule has 1 fully saturated rings. The van der Waals surface area contributed by atoms with Gasteiger partial charge in [0.05, 0.1) is 19.8 Å². The van der Waals surface area contributed by atoms with Gasteiger partial charge in [-0.25, -0.2) is 0 Å². The van der Waals surface area contributed by atoms with E-state index in [1.54, 1.807) is 26.4 Å². The fraction of sp³-hybridized carbons (Fsp3) is 0.545. The highest BCUT2D eigenvalue weighted by Gasteiger charge is 2.43. The van der Waals surface area contributed by atoms with E-state index in [9.17, 15) is 9.59 Å². The van der Waals surface area contributed by atoms with Crippen LogP contribution in [0.1, 0.15) is 32.3 Å². The summed E-state index contributed by atoms with van der Waals surface area (Å²) >= 11 is 0. The van der Waals surface area contributed by atoms with Gasteiger partial charge in [-0.2, -0.15) is 0 Å². The van der Waals surface area contributed by atoms with Gasteiger partial charge in [0, 0.05) is 19.1 Å². The molecule has 3 rings (SSSR count). The number of likely N-dealkylation sites (tertiary alicyclic amines) is 1. The van der Waals surface area contributed by atoms with Crippen molar-refractivity contribution in [3.63, 3.8) is 0 Å². The number of carbonyl (C=O) groups is 2. The lowest BCUT2D eigenvalue weighted by molar-refractivity contribution is -0.139. The molecule has 0 radical (unpaired) electrons. The SMILES string of the molecule is COc1ccc(C2=C(N(C)C3CCN(C)CC3)C(=O)N(C(C)C)C2=O)cc1OC. The number of likely N-dealkylation sites (N-methyl/N-ethyl adjacent to an activating group) is 1. The Bertz CT molecular complexity index is 825. The number of amides is 2. The third-order valence-electron chi connectivity index (χ3n) is 5.87. The van der Waals surface area contributed by atoms with E-state index < -0.39 is 0 Å². The summed E-state index contributed by atoms with van der Waals surface area (Å²) in [4.78, 5) is 32.3. The third-order valence-corrected chi connectivity index (χ3v) is 5.87. The number of methoxy groups -OCH3 is 2. The number of rotatable bonds is 6. The Hall–Kier alpha value is -2.54. The van der Waals surface area contributed by atoms with E-state index in [0.717, 1.165) is 25.9 Å². The number of imide groups is 1. The molecule has 2 aliphatic heterocycles. The molecule has 0 unspecified atom stereocenters. The molecule has 0 aliphatic carbocycles. The van der Waals surface area contributed by atoms with Crippen molar-refractivity contribution in [3.05, 3.63) is 29.5 Å². The second-order valence-electron chi connectivity index (χ2n) is 8.01. The van der Waals surface area contributed by atoms with Crippen LogP contribution in [0.15, 0.2) is 23.9 Å². The highest BCUT2D eigenvalue weighted by atomic mass is 16.5. The van der Waals surface area contributed by atoms with Crippen molar-refractivity contribution in [1.82, 2.24) is 14.7 Å². The smallest absolute Gasteiger partial charge is 0.278 e. The van der Waals surface area contributed by atoms with Gasteiger partial charge in [-0.05, 0) is 64.5 Å². The highest BCUT2D eigenvalue weighted by molar-refractivity contribution is 6.35. The quantitative estimate of drug-likeness (QED) is 0.681. The van der Waals surface area contributed by atoms with Gasteiger partial charge in [-0.1, -0.05) is 6.07 Å². The van der Waals surface area contributed by atoms with Gasteiger partial charge >= 0.3 is 0 Å². The Morgan fingerprint density at radius 2 is 1.66 bits per heavy atom. The van der Waals surface area contributed by atoms with Crippen molar-refractivity contribution in [3.8, 4) is 11.5 Å². The van der Waals surface area contributed by atoms with Gasteiger partial charge in [0.2, 0.25) is 0 Å². The fourth-order valence-electron chi connectivity index (χ4n) is 4.15. The first kappa shape index (κ1) is 21.2. The van der Waals surface area contributed by atoms with Gasteiger partial charge in [-0.3, -0.25) is 14.5 Å². The standard InChI is InChI=1S/C22H31N3O4/c1-14(2)25-21(26)19(15-7-8-17(28-5)18(13-15)29-6)20(22(25)27)24(4)16-9-11-23(3)12-10-16/h7-8,13-14,16H,9-12H2,1-6H3. The first-order valence-electron chi connectivity index (χ1n) is 10.1. The van der Waals surface area contributed by atoms with Crippen LogP contribution < -0.4 is 9.47 Å². The zero-order chi connectivity index (χ0) is 21.3. The van der Waals surface area contributed by atoms with E-state index in [4.69, 9.17) is 9.47 Å². The summed E-state index contributed by atoms with van der Waals surface area (Å²) in [6.07, 6.45) is 1.91. The number of hydrogen-bond donors (Lipinski definition) is 0. The molecule has 7 nitrogen and oxygen atoms in total. The van der Waals surface area contributed by atoms with Crippen LogP contribution in [-0.4, -0.2) is 80.0 Å². The van der Waals surface area contributed by atoms with Crippen LogP contribution >= 0.6 is 0 Å². The molecular weight excluding hydrogens is 370 g/mol. The van der Waals surface area contributed by atoms with Crippen molar-refractivity contribution >= 4 is 17.4 Å². The lowest BCUT2D eigenvalue weighted by Crippen LogP contribution is -2.44. The van der Waals surface area contributed by atoms with Gasteiger partial charge in [0.15, 0.2) is 11.5 Å². The van der Waals surface area contributed by atoms with Gasteiger partial charge < -0.3 is 19.3 Å². The zero-order valence-electron chi connectivity index (χ0n) is 18.2. The predicted octanol–water partition coefficient (Wildman–Crippen LogP) is 2.22. The van der Waals surface area contributed by atoms with Crippen LogP contribution in [0.3, 0.4) is 0 Å². The molecular formula is C22H31N3O4. The minimum absolute atomic E-state index is 0.214. The van der Waals surface area contributed by atoms with Gasteiger partial charge in [0.1, 0.15) is 5.70 Å². The molecule has 1 saturated heterocycles. The van der Waals surface area contributed by atoms with Gasteiger partial charge in [-0.15, -0.1) is 0 Å². The molecule has 2 aliphatic rings. The van der Waals surface area contributed by atoms with Crippen molar-refractivity contribution in [2.75, 3.05) is 41.4 Å². The summed E-state index contributed by atoms with van der Waals surface area (Å²) in [6, 6.07) is 5.36. The van der Waals surface area contributed by atoms with E-state index in [1.807, 2.05) is 31.9 Å². The molecule has 0 N–H and O–H groups in total. The Morgan fingerprint density at radius 3 is 2.21 bits per heavy atom. The topological polar surface area (TPSA) is 62.3 Å². The van der Waals surface area contributed by atoms with E-state index in [2.05, 4.69) is 11.9 Å². The summed E-state index contributed by atoms with van der Waals surface area (Å²) in [5.41, 5.74) is 1.58. The van der Waals surface area contributed by atoms with E-state index >= 15 is 0 Å². The van der Waals surface area contributed by atoms with Crippen molar-refractivity contribution in [2.45, 2.75) is 38.8 Å². The molecule has 7 heteroatoms. The molecule has 2 amide bonds. The first-order chi connectivity index (χ1) is 13.8. The summed E-state index contributed by atoms with van der Waals surface area (Å²) in [6.45, 7) is 5.68. The van der Waals surface area contributed by atoms with Gasteiger partial charge in [0.25, 0.3) is 11.8 Å². The maximum absolute atomic E-state index is 13.3. The molecule has 0 saturated carbocycles. The van der Waals surface area contributed by atoms with E-state index in [-0.39, 0.29) is 23.9 Å². The maximum atomic E-state index is 13.3. The maximum Gasteiger partial charge on any atom is 0.278 e. The number of hydrogen-bond acceptors (Lipinski definition) is 6. The second kappa shape index (κ2) is 8.45. The Kier molecular flexibility index (Phi) is 6.17. The van der Waals surface area contributed by atoms with Crippen LogP contribution in [0.4, 0.5) is 0 Å². The minimum Gasteiger partial charge on any atom is -0.493 e. The van der Waals surface area contributed by atoms with Crippen LogP contribution in [0.5, 0.6) is 11.5 Å². The van der Waals surface area contributed by atoms with Crippen molar-refractivity contribution in [2.24, 2.45) is 0 Å². The number of benzene rings is 1. The molecule has 0 spiro atoms. The van der Waals surface area contributed by atoms with Crippen molar-refractivity contribution in [1.29, 1.82) is 0 Å². The molecule has 1 aromatic rings. The Balaban J connectivity index is 2.09. The molecule has 2 heterocycles. The lowest BCUT2D eigenvalue weighted by Gasteiger charge is -2.36. The fourth-order valence-corrected chi connectivity index (χ4v) is 4.15. The third kappa shape index (κ3) is 3.83. The predicted molar refractivity (Wildman–Crippen MR) is 112 cm³/mol. The Morgan fingerprint density at radius 1 is 1.03 bits per heavy atom. The van der Waals surface area contributed by atoms with E-state index in [0.29, 0.717) is 28.3 Å². The van der Waals surface area contributed by atoms with Crippen LogP contribution in [0, 0.1) is 0 Å². The monoisotopic (exact) mass is 401 g/mol. The lowest BCUT2D eigenvalue weighted by atomic mass is 10.00. The zero-order valence-corrected chi connectivity index (χ0v) is 18.2. The number of nitrogens with zero attached hydrogens (tertiary/aromatic N) is 3. The molecule has 0 bridgehead atoms. The molecule has 158 valence electrons. The molecule has 0 atom stereocenters. The van der Waals surface area contributed by atoms with E-state index in [1.165, 1.54) is 4.90 Å². The summed E-state index contributed by atoms with van der Waals surface area (Å²) in [5.74, 6) is 0.629. The second-order valence-corrected chi connectivity index (χ2v) is 8.01. The Labute approximate surface area is 172 Å². The largest absolute Gasteiger partial charge is 0.493 e.